The molecule has 0 bridgehead atoms. The summed E-state index contributed by atoms with van der Waals surface area (Å²) in [6.07, 6.45) is 1.80. The molecule has 3 rings (SSSR count). The maximum Gasteiger partial charge on any atom is 0.211 e. The number of hydrogen-bond acceptors (Lipinski definition) is 5. The molecule has 0 aliphatic carbocycles. The van der Waals surface area contributed by atoms with Crippen molar-refractivity contribution < 1.29 is 4.42 Å². The van der Waals surface area contributed by atoms with Gasteiger partial charge in [0.2, 0.25) is 5.89 Å². The molecule has 17 heavy (non-hydrogen) atoms. The zero-order chi connectivity index (χ0) is 11.8. The average Bonchev–Trinajstić information content (AvgIpc) is 3.00. The molecule has 3 aromatic rings. The average molecular weight is 264 g/mol. The standard InChI is InChI=1S/C12H12N2OS2/c1-7(13-2)12-14-6-8(15-12)10-5-11-9(17-10)3-4-16-11/h3-7,13H,1-2H3. The summed E-state index contributed by atoms with van der Waals surface area (Å²) in [5.74, 6) is 1.59. The Labute approximate surface area is 107 Å². The van der Waals surface area contributed by atoms with E-state index in [0.717, 1.165) is 16.5 Å². The zero-order valence-corrected chi connectivity index (χ0v) is 11.2. The summed E-state index contributed by atoms with van der Waals surface area (Å²) < 4.78 is 8.38. The van der Waals surface area contributed by atoms with Crippen LogP contribution in [0.5, 0.6) is 0 Å². The molecule has 0 spiro atoms. The van der Waals surface area contributed by atoms with E-state index >= 15 is 0 Å². The number of fused-ring (bicyclic) bond motifs is 1. The van der Waals surface area contributed by atoms with Crippen LogP contribution in [0.15, 0.2) is 28.1 Å². The molecule has 1 N–H and O–H groups in total. The van der Waals surface area contributed by atoms with Crippen LogP contribution in [0.4, 0.5) is 0 Å². The van der Waals surface area contributed by atoms with Crippen LogP contribution >= 0.6 is 22.7 Å². The first-order valence-electron chi connectivity index (χ1n) is 5.38. The Bertz CT molecular complexity index is 609. The lowest BCUT2D eigenvalue weighted by atomic mass is 10.3. The largest absolute Gasteiger partial charge is 0.438 e. The van der Waals surface area contributed by atoms with Crippen LogP contribution in [-0.2, 0) is 0 Å². The van der Waals surface area contributed by atoms with Gasteiger partial charge in [-0.25, -0.2) is 4.98 Å². The fourth-order valence-corrected chi connectivity index (χ4v) is 3.67. The molecular formula is C12H12N2OS2. The smallest absolute Gasteiger partial charge is 0.211 e. The molecule has 3 aromatic heterocycles. The second kappa shape index (κ2) is 4.25. The molecule has 0 aromatic carbocycles. The normalized spacial score (nSPS) is 13.3. The summed E-state index contributed by atoms with van der Waals surface area (Å²) in [5, 5.41) is 5.23. The highest BCUT2D eigenvalue weighted by Crippen LogP contribution is 2.36. The van der Waals surface area contributed by atoms with Gasteiger partial charge >= 0.3 is 0 Å². The third kappa shape index (κ3) is 1.90. The highest BCUT2D eigenvalue weighted by Gasteiger charge is 2.13. The maximum absolute atomic E-state index is 5.76. The second-order valence-corrected chi connectivity index (χ2v) is 5.86. The predicted molar refractivity (Wildman–Crippen MR) is 72.7 cm³/mol. The monoisotopic (exact) mass is 264 g/mol. The minimum absolute atomic E-state index is 0.143. The van der Waals surface area contributed by atoms with Crippen molar-refractivity contribution in [2.45, 2.75) is 13.0 Å². The van der Waals surface area contributed by atoms with Gasteiger partial charge in [0, 0.05) is 9.40 Å². The highest BCUT2D eigenvalue weighted by atomic mass is 32.1. The highest BCUT2D eigenvalue weighted by molar-refractivity contribution is 7.28. The molecule has 0 aliphatic heterocycles. The Morgan fingerprint density at radius 3 is 3.06 bits per heavy atom. The van der Waals surface area contributed by atoms with Crippen LogP contribution in [0.3, 0.4) is 0 Å². The first kappa shape index (κ1) is 11.0. The third-order valence-electron chi connectivity index (χ3n) is 2.71. The number of hydrogen-bond donors (Lipinski definition) is 1. The van der Waals surface area contributed by atoms with Gasteiger partial charge in [-0.05, 0) is 31.5 Å². The van der Waals surface area contributed by atoms with Gasteiger partial charge in [0.25, 0.3) is 0 Å². The fraction of sp³-hybridized carbons (Fsp3) is 0.250. The van der Waals surface area contributed by atoms with E-state index in [0.29, 0.717) is 0 Å². The summed E-state index contributed by atoms with van der Waals surface area (Å²) in [6.45, 7) is 2.03. The first-order valence-corrected chi connectivity index (χ1v) is 7.08. The molecule has 0 aliphatic rings. The van der Waals surface area contributed by atoms with Crippen molar-refractivity contribution in [2.75, 3.05) is 7.05 Å². The van der Waals surface area contributed by atoms with Crippen LogP contribution in [0.25, 0.3) is 20.0 Å². The van der Waals surface area contributed by atoms with E-state index in [-0.39, 0.29) is 6.04 Å². The molecule has 0 saturated heterocycles. The molecule has 0 radical (unpaired) electrons. The molecule has 1 atom stereocenters. The van der Waals surface area contributed by atoms with Crippen molar-refractivity contribution in [2.24, 2.45) is 0 Å². The second-order valence-electron chi connectivity index (χ2n) is 3.83. The summed E-state index contributed by atoms with van der Waals surface area (Å²) in [5.41, 5.74) is 0. The Morgan fingerprint density at radius 2 is 2.29 bits per heavy atom. The van der Waals surface area contributed by atoms with Crippen LogP contribution in [0.1, 0.15) is 18.9 Å². The summed E-state index contributed by atoms with van der Waals surface area (Å²) >= 11 is 3.50. The number of thiophene rings is 2. The van der Waals surface area contributed by atoms with Crippen LogP contribution in [0.2, 0.25) is 0 Å². The SMILES string of the molecule is CNC(C)c1ncc(-c2cc3sccc3s2)o1. The minimum atomic E-state index is 0.143. The molecule has 0 fully saturated rings. The molecule has 3 nitrogen and oxygen atoms in total. The van der Waals surface area contributed by atoms with E-state index in [9.17, 15) is 0 Å². The fourth-order valence-electron chi connectivity index (χ4n) is 1.61. The molecule has 1 unspecified atom stereocenters. The van der Waals surface area contributed by atoms with Crippen molar-refractivity contribution in [3.05, 3.63) is 29.6 Å². The van der Waals surface area contributed by atoms with Gasteiger partial charge in [-0.2, -0.15) is 0 Å². The van der Waals surface area contributed by atoms with Gasteiger partial charge in [0.1, 0.15) is 0 Å². The molecule has 3 heterocycles. The van der Waals surface area contributed by atoms with E-state index < -0.39 is 0 Å². The van der Waals surface area contributed by atoms with Gasteiger partial charge in [-0.15, -0.1) is 22.7 Å². The van der Waals surface area contributed by atoms with Crippen LogP contribution in [0, 0.1) is 0 Å². The third-order valence-corrected chi connectivity index (χ3v) is 4.82. The Hall–Kier alpha value is -1.17. The Morgan fingerprint density at radius 1 is 1.41 bits per heavy atom. The number of nitrogens with zero attached hydrogens (tertiary/aromatic N) is 1. The van der Waals surface area contributed by atoms with Gasteiger partial charge in [0.15, 0.2) is 5.76 Å². The quantitative estimate of drug-likeness (QED) is 0.779. The minimum Gasteiger partial charge on any atom is -0.438 e. The Kier molecular flexibility index (Phi) is 2.74. The number of aromatic nitrogens is 1. The van der Waals surface area contributed by atoms with Crippen molar-refractivity contribution in [3.63, 3.8) is 0 Å². The van der Waals surface area contributed by atoms with Gasteiger partial charge in [-0.1, -0.05) is 0 Å². The number of oxazole rings is 1. The van der Waals surface area contributed by atoms with Crippen LogP contribution < -0.4 is 5.32 Å². The summed E-state index contributed by atoms with van der Waals surface area (Å²) in [4.78, 5) is 5.45. The Balaban J connectivity index is 1.98. The van der Waals surface area contributed by atoms with Crippen molar-refractivity contribution in [1.82, 2.24) is 10.3 Å². The maximum atomic E-state index is 5.76. The van der Waals surface area contributed by atoms with E-state index in [2.05, 4.69) is 27.8 Å². The van der Waals surface area contributed by atoms with Crippen LogP contribution in [-0.4, -0.2) is 12.0 Å². The predicted octanol–water partition coefficient (Wildman–Crippen LogP) is 3.90. The summed E-state index contributed by atoms with van der Waals surface area (Å²) in [6, 6.07) is 4.45. The van der Waals surface area contributed by atoms with E-state index in [4.69, 9.17) is 4.42 Å². The zero-order valence-electron chi connectivity index (χ0n) is 9.56. The van der Waals surface area contributed by atoms with Gasteiger partial charge < -0.3 is 9.73 Å². The molecule has 0 saturated carbocycles. The lowest BCUT2D eigenvalue weighted by Crippen LogP contribution is -2.12. The molecule has 5 heteroatoms. The van der Waals surface area contributed by atoms with E-state index in [1.165, 1.54) is 9.40 Å². The molecule has 88 valence electrons. The molecular weight excluding hydrogens is 252 g/mol. The van der Waals surface area contributed by atoms with Crippen molar-refractivity contribution in [1.29, 1.82) is 0 Å². The van der Waals surface area contributed by atoms with E-state index in [1.54, 1.807) is 28.9 Å². The van der Waals surface area contributed by atoms with Crippen molar-refractivity contribution >= 4 is 32.1 Å². The first-order chi connectivity index (χ1) is 8.28. The van der Waals surface area contributed by atoms with Crippen molar-refractivity contribution in [3.8, 4) is 10.6 Å². The lowest BCUT2D eigenvalue weighted by molar-refractivity contribution is 0.442. The number of rotatable bonds is 3. The van der Waals surface area contributed by atoms with Gasteiger partial charge in [-0.3, -0.25) is 0 Å². The van der Waals surface area contributed by atoms with E-state index in [1.807, 2.05) is 14.0 Å². The van der Waals surface area contributed by atoms with Gasteiger partial charge in [0.05, 0.1) is 17.1 Å². The summed E-state index contributed by atoms with van der Waals surface area (Å²) in [7, 11) is 1.90. The number of nitrogens with one attached hydrogen (secondary N) is 1. The topological polar surface area (TPSA) is 38.1 Å². The lowest BCUT2D eigenvalue weighted by Gasteiger charge is -2.03. The molecule has 0 amide bonds.